The molecule has 0 atom stereocenters. The maximum absolute atomic E-state index is 13.1. The number of halogens is 3. The number of esters is 1. The molecule has 1 heterocycles. The van der Waals surface area contributed by atoms with Crippen LogP contribution in [0.3, 0.4) is 0 Å². The standard InChI is InChI=1S/C23H13F3O4S/c24-23(25,26)16-8-4-7-15(11-16)18-12-17(13-19-21(18)30-22(28)31-19)29-20(27)10-9-14-5-2-1-3-6-14/h1-13H. The summed E-state index contributed by atoms with van der Waals surface area (Å²) in [7, 11) is 0. The van der Waals surface area contributed by atoms with Crippen LogP contribution in [-0.2, 0) is 11.0 Å². The summed E-state index contributed by atoms with van der Waals surface area (Å²) in [5.74, 6) is -0.589. The molecule has 0 bridgehead atoms. The summed E-state index contributed by atoms with van der Waals surface area (Å²) < 4.78 is 50.2. The number of carbonyl (C=O) groups is 1. The van der Waals surface area contributed by atoms with Crippen molar-refractivity contribution in [1.82, 2.24) is 0 Å². The maximum Gasteiger partial charge on any atom is 0.416 e. The highest BCUT2D eigenvalue weighted by Crippen LogP contribution is 2.37. The highest BCUT2D eigenvalue weighted by atomic mass is 32.1. The van der Waals surface area contributed by atoms with Gasteiger partial charge in [0.05, 0.1) is 10.3 Å². The van der Waals surface area contributed by atoms with Crippen LogP contribution < -0.4 is 9.68 Å². The van der Waals surface area contributed by atoms with Crippen molar-refractivity contribution in [3.05, 3.63) is 93.7 Å². The van der Waals surface area contributed by atoms with E-state index in [0.29, 0.717) is 4.70 Å². The number of rotatable bonds is 4. The largest absolute Gasteiger partial charge is 0.423 e. The molecule has 0 spiro atoms. The van der Waals surface area contributed by atoms with Crippen LogP contribution in [0.2, 0.25) is 0 Å². The summed E-state index contributed by atoms with van der Waals surface area (Å²) in [6.45, 7) is 0. The number of alkyl halides is 3. The van der Waals surface area contributed by atoms with Crippen LogP contribution in [0.4, 0.5) is 13.2 Å². The Balaban J connectivity index is 1.71. The molecule has 0 fully saturated rings. The van der Waals surface area contributed by atoms with Gasteiger partial charge in [0.15, 0.2) is 5.58 Å². The van der Waals surface area contributed by atoms with Crippen molar-refractivity contribution in [2.24, 2.45) is 0 Å². The Morgan fingerprint density at radius 2 is 1.77 bits per heavy atom. The van der Waals surface area contributed by atoms with Crippen LogP contribution in [0.5, 0.6) is 5.75 Å². The summed E-state index contributed by atoms with van der Waals surface area (Å²) >= 11 is 0.768. The second-order valence-corrected chi connectivity index (χ2v) is 7.47. The second-order valence-electron chi connectivity index (χ2n) is 6.50. The minimum atomic E-state index is -4.53. The van der Waals surface area contributed by atoms with E-state index in [1.807, 2.05) is 30.3 Å². The van der Waals surface area contributed by atoms with Crippen LogP contribution >= 0.6 is 11.3 Å². The van der Waals surface area contributed by atoms with Gasteiger partial charge < -0.3 is 9.15 Å². The fourth-order valence-electron chi connectivity index (χ4n) is 2.97. The van der Waals surface area contributed by atoms with Crippen molar-refractivity contribution < 1.29 is 27.1 Å². The highest BCUT2D eigenvalue weighted by Gasteiger charge is 2.30. The molecule has 4 aromatic rings. The Morgan fingerprint density at radius 1 is 1.00 bits per heavy atom. The van der Waals surface area contributed by atoms with Gasteiger partial charge >= 0.3 is 17.1 Å². The zero-order chi connectivity index (χ0) is 22.0. The molecule has 8 heteroatoms. The topological polar surface area (TPSA) is 56.5 Å². The van der Waals surface area contributed by atoms with Crippen LogP contribution in [0.1, 0.15) is 11.1 Å². The first-order valence-corrected chi connectivity index (χ1v) is 9.81. The van der Waals surface area contributed by atoms with E-state index in [-0.39, 0.29) is 22.5 Å². The first kappa shape index (κ1) is 20.6. The highest BCUT2D eigenvalue weighted by molar-refractivity contribution is 7.16. The fraction of sp³-hybridized carbons (Fsp3) is 0.0435. The summed E-state index contributed by atoms with van der Waals surface area (Å²) in [4.78, 5) is 23.4. The van der Waals surface area contributed by atoms with E-state index in [0.717, 1.165) is 29.0 Å². The van der Waals surface area contributed by atoms with Crippen molar-refractivity contribution >= 4 is 33.7 Å². The van der Waals surface area contributed by atoms with Gasteiger partial charge in [0, 0.05) is 17.7 Å². The molecule has 0 amide bonds. The Bertz CT molecular complexity index is 1330. The minimum Gasteiger partial charge on any atom is -0.423 e. The average molecular weight is 442 g/mol. The molecule has 4 rings (SSSR count). The van der Waals surface area contributed by atoms with E-state index in [4.69, 9.17) is 9.15 Å². The van der Waals surface area contributed by atoms with Crippen molar-refractivity contribution in [3.8, 4) is 16.9 Å². The summed E-state index contributed by atoms with van der Waals surface area (Å²) in [6.07, 6.45) is -1.72. The van der Waals surface area contributed by atoms with Crippen LogP contribution in [0, 0.1) is 0 Å². The van der Waals surface area contributed by atoms with Gasteiger partial charge in [-0.1, -0.05) is 53.8 Å². The maximum atomic E-state index is 13.1. The van der Waals surface area contributed by atoms with Gasteiger partial charge in [-0.2, -0.15) is 13.2 Å². The molecule has 3 aromatic carbocycles. The van der Waals surface area contributed by atoms with E-state index in [2.05, 4.69) is 0 Å². The molecule has 0 saturated heterocycles. The smallest absolute Gasteiger partial charge is 0.416 e. The molecular weight excluding hydrogens is 429 g/mol. The zero-order valence-electron chi connectivity index (χ0n) is 15.7. The van der Waals surface area contributed by atoms with Gasteiger partial charge in [-0.25, -0.2) is 9.59 Å². The summed E-state index contributed by atoms with van der Waals surface area (Å²) in [5.41, 5.74) is 0.487. The predicted octanol–water partition coefficient (Wildman–Crippen LogP) is 6.16. The van der Waals surface area contributed by atoms with Crippen LogP contribution in [-0.4, -0.2) is 5.97 Å². The molecule has 4 nitrogen and oxygen atoms in total. The van der Waals surface area contributed by atoms with E-state index < -0.39 is 22.6 Å². The van der Waals surface area contributed by atoms with Gasteiger partial charge in [-0.15, -0.1) is 0 Å². The van der Waals surface area contributed by atoms with Gasteiger partial charge in [-0.05, 0) is 35.4 Å². The van der Waals surface area contributed by atoms with Crippen LogP contribution in [0.25, 0.3) is 27.5 Å². The lowest BCUT2D eigenvalue weighted by molar-refractivity contribution is -0.137. The lowest BCUT2D eigenvalue weighted by atomic mass is 10.0. The predicted molar refractivity (Wildman–Crippen MR) is 112 cm³/mol. The number of carbonyl (C=O) groups excluding carboxylic acids is 1. The monoisotopic (exact) mass is 442 g/mol. The lowest BCUT2D eigenvalue weighted by Gasteiger charge is -2.10. The molecule has 31 heavy (non-hydrogen) atoms. The molecular formula is C23H13F3O4S. The number of benzene rings is 3. The molecule has 0 aliphatic heterocycles. The molecule has 0 aliphatic carbocycles. The number of hydrogen-bond acceptors (Lipinski definition) is 5. The Morgan fingerprint density at radius 3 is 2.52 bits per heavy atom. The molecule has 0 aliphatic rings. The second kappa shape index (κ2) is 8.23. The Hall–Kier alpha value is -3.65. The lowest BCUT2D eigenvalue weighted by Crippen LogP contribution is -2.05. The zero-order valence-corrected chi connectivity index (χ0v) is 16.5. The fourth-order valence-corrected chi connectivity index (χ4v) is 3.69. The first-order valence-electron chi connectivity index (χ1n) is 9.00. The van der Waals surface area contributed by atoms with Gasteiger partial charge in [-0.3, -0.25) is 0 Å². The number of ether oxygens (including phenoxy) is 1. The van der Waals surface area contributed by atoms with E-state index >= 15 is 0 Å². The third-order valence-electron chi connectivity index (χ3n) is 4.34. The van der Waals surface area contributed by atoms with E-state index in [9.17, 15) is 22.8 Å². The third-order valence-corrected chi connectivity index (χ3v) is 5.11. The molecule has 0 radical (unpaired) electrons. The Kier molecular flexibility index (Phi) is 5.48. The van der Waals surface area contributed by atoms with Crippen LogP contribution in [0.15, 0.2) is 82.0 Å². The summed E-state index contributed by atoms with van der Waals surface area (Å²) in [6, 6.07) is 16.5. The van der Waals surface area contributed by atoms with Crippen molar-refractivity contribution in [2.75, 3.05) is 0 Å². The van der Waals surface area contributed by atoms with E-state index in [1.165, 1.54) is 30.3 Å². The number of fused-ring (bicyclic) bond motifs is 1. The first-order chi connectivity index (χ1) is 14.8. The van der Waals surface area contributed by atoms with Crippen molar-refractivity contribution in [3.63, 3.8) is 0 Å². The quantitative estimate of drug-likeness (QED) is 0.216. The summed E-state index contributed by atoms with van der Waals surface area (Å²) in [5, 5.41) is 0. The molecule has 0 unspecified atom stereocenters. The van der Waals surface area contributed by atoms with Gasteiger partial charge in [0.2, 0.25) is 0 Å². The van der Waals surface area contributed by atoms with Gasteiger partial charge in [0.25, 0.3) is 0 Å². The van der Waals surface area contributed by atoms with Crippen molar-refractivity contribution in [2.45, 2.75) is 6.18 Å². The van der Waals surface area contributed by atoms with E-state index in [1.54, 1.807) is 6.08 Å². The molecule has 1 aromatic heterocycles. The molecule has 156 valence electrons. The van der Waals surface area contributed by atoms with Gasteiger partial charge in [0.1, 0.15) is 5.75 Å². The molecule has 0 saturated carbocycles. The SMILES string of the molecule is O=C(C=Cc1ccccc1)Oc1cc(-c2cccc(C(F)(F)F)c2)c2oc(=O)sc2c1. The average Bonchev–Trinajstić information content (AvgIpc) is 3.12. The Labute approximate surface area is 177 Å². The number of hydrogen-bond donors (Lipinski definition) is 0. The van der Waals surface area contributed by atoms with Crippen molar-refractivity contribution in [1.29, 1.82) is 0 Å². The minimum absolute atomic E-state index is 0.0830. The third kappa shape index (κ3) is 4.75. The molecule has 0 N–H and O–H groups in total. The normalized spacial score (nSPS) is 11.8.